The van der Waals surface area contributed by atoms with Crippen LogP contribution in [0.3, 0.4) is 0 Å². The molecule has 0 radical (unpaired) electrons. The third-order valence-electron chi connectivity index (χ3n) is 3.05. The summed E-state index contributed by atoms with van der Waals surface area (Å²) in [6, 6.07) is 2.95. The first-order chi connectivity index (χ1) is 10.6. The fourth-order valence-electron chi connectivity index (χ4n) is 1.82. The van der Waals surface area contributed by atoms with Crippen molar-refractivity contribution < 1.29 is 28.6 Å². The van der Waals surface area contributed by atoms with E-state index < -0.39 is 29.3 Å². The summed E-state index contributed by atoms with van der Waals surface area (Å²) in [5.74, 6) is -2.59. The minimum atomic E-state index is -0.958. The second-order valence-corrected chi connectivity index (χ2v) is 5.54. The van der Waals surface area contributed by atoms with E-state index in [9.17, 15) is 18.8 Å². The Hall–Kier alpha value is -2.64. The normalized spacial score (nSPS) is 10.8. The van der Waals surface area contributed by atoms with Gasteiger partial charge < -0.3 is 20.5 Å². The minimum absolute atomic E-state index is 0.0876. The summed E-state index contributed by atoms with van der Waals surface area (Å²) in [6.45, 7) is 3.35. The molecule has 8 heteroatoms. The molecule has 3 N–H and O–H groups in total. The van der Waals surface area contributed by atoms with Crippen molar-refractivity contribution in [3.05, 3.63) is 29.6 Å². The van der Waals surface area contributed by atoms with Crippen molar-refractivity contribution in [1.82, 2.24) is 5.32 Å². The molecule has 0 heterocycles. The van der Waals surface area contributed by atoms with Gasteiger partial charge in [-0.2, -0.15) is 0 Å². The van der Waals surface area contributed by atoms with Crippen molar-refractivity contribution in [2.45, 2.75) is 32.2 Å². The van der Waals surface area contributed by atoms with Crippen LogP contribution in [0.2, 0.25) is 0 Å². The zero-order valence-corrected chi connectivity index (χ0v) is 13.1. The molecule has 1 aromatic carbocycles. The molecular weight excluding hydrogens is 307 g/mol. The van der Waals surface area contributed by atoms with Crippen LogP contribution in [0, 0.1) is 5.82 Å². The lowest BCUT2D eigenvalue weighted by molar-refractivity contribution is -0.137. The topological polar surface area (TPSA) is 105 Å². The van der Waals surface area contributed by atoms with E-state index in [1.807, 2.05) is 0 Å². The number of urea groups is 1. The number of aliphatic carboxylic acids is 1. The summed E-state index contributed by atoms with van der Waals surface area (Å²) in [5, 5.41) is 13.7. The van der Waals surface area contributed by atoms with E-state index in [1.165, 1.54) is 12.1 Å². The van der Waals surface area contributed by atoms with E-state index >= 15 is 0 Å². The second-order valence-electron chi connectivity index (χ2n) is 5.54. The number of halogens is 1. The van der Waals surface area contributed by atoms with Crippen molar-refractivity contribution in [2.24, 2.45) is 0 Å². The fourth-order valence-corrected chi connectivity index (χ4v) is 1.82. The summed E-state index contributed by atoms with van der Waals surface area (Å²) in [5.41, 5.74) is -0.825. The summed E-state index contributed by atoms with van der Waals surface area (Å²) >= 11 is 0. The highest BCUT2D eigenvalue weighted by Gasteiger charge is 2.22. The van der Waals surface area contributed by atoms with Crippen LogP contribution in [0.25, 0.3) is 0 Å². The van der Waals surface area contributed by atoms with Crippen molar-refractivity contribution >= 4 is 23.7 Å². The number of nitrogens with one attached hydrogen (secondary N) is 2. The molecule has 0 aromatic heterocycles. The van der Waals surface area contributed by atoms with Gasteiger partial charge in [-0.3, -0.25) is 4.79 Å². The first-order valence-corrected chi connectivity index (χ1v) is 6.83. The zero-order chi connectivity index (χ0) is 17.6. The lowest BCUT2D eigenvalue weighted by Gasteiger charge is -2.25. The predicted octanol–water partition coefficient (Wildman–Crippen LogP) is 2.38. The summed E-state index contributed by atoms with van der Waals surface area (Å²) in [4.78, 5) is 33.7. The van der Waals surface area contributed by atoms with E-state index in [0.717, 1.165) is 13.2 Å². The van der Waals surface area contributed by atoms with Gasteiger partial charge >= 0.3 is 18.0 Å². The van der Waals surface area contributed by atoms with Crippen LogP contribution < -0.4 is 10.6 Å². The van der Waals surface area contributed by atoms with Gasteiger partial charge in [-0.15, -0.1) is 0 Å². The number of carbonyl (C=O) groups excluding carboxylic acids is 2. The largest absolute Gasteiger partial charge is 0.481 e. The van der Waals surface area contributed by atoms with Gasteiger partial charge in [0.15, 0.2) is 0 Å². The second kappa shape index (κ2) is 7.57. The van der Waals surface area contributed by atoms with Crippen LogP contribution in [-0.2, 0) is 9.53 Å². The van der Waals surface area contributed by atoms with Crippen molar-refractivity contribution in [2.75, 3.05) is 12.4 Å². The minimum Gasteiger partial charge on any atom is -0.481 e. The molecule has 7 nitrogen and oxygen atoms in total. The maximum atomic E-state index is 13.7. The van der Waals surface area contributed by atoms with E-state index in [1.54, 1.807) is 13.8 Å². The number of carboxylic acid groups (broad SMARTS) is 1. The molecule has 0 aliphatic carbocycles. The van der Waals surface area contributed by atoms with E-state index in [0.29, 0.717) is 0 Å². The Morgan fingerprint density at radius 3 is 2.48 bits per heavy atom. The molecule has 0 saturated heterocycles. The quantitative estimate of drug-likeness (QED) is 0.696. The Kier molecular flexibility index (Phi) is 6.06. The van der Waals surface area contributed by atoms with Crippen LogP contribution in [-0.4, -0.2) is 35.7 Å². The number of hydrogen-bond acceptors (Lipinski definition) is 4. The van der Waals surface area contributed by atoms with E-state index in [4.69, 9.17) is 5.11 Å². The van der Waals surface area contributed by atoms with Gasteiger partial charge in [0.2, 0.25) is 0 Å². The monoisotopic (exact) mass is 326 g/mol. The molecule has 0 fully saturated rings. The molecule has 2 amide bonds. The van der Waals surface area contributed by atoms with E-state index in [-0.39, 0.29) is 24.1 Å². The first kappa shape index (κ1) is 18.4. The summed E-state index contributed by atoms with van der Waals surface area (Å²) in [6.07, 6.45) is 0.154. The number of carbonyl (C=O) groups is 3. The zero-order valence-electron chi connectivity index (χ0n) is 13.1. The lowest BCUT2D eigenvalue weighted by Crippen LogP contribution is -2.45. The van der Waals surface area contributed by atoms with Gasteiger partial charge in [-0.05, 0) is 38.5 Å². The highest BCUT2D eigenvalue weighted by atomic mass is 19.1. The Balaban J connectivity index is 2.69. The number of hydrogen-bond donors (Lipinski definition) is 3. The Morgan fingerprint density at radius 2 is 1.96 bits per heavy atom. The first-order valence-electron chi connectivity index (χ1n) is 6.83. The smallest absolute Gasteiger partial charge is 0.340 e. The average molecular weight is 326 g/mol. The van der Waals surface area contributed by atoms with Gasteiger partial charge in [-0.25, -0.2) is 14.0 Å². The van der Waals surface area contributed by atoms with Crippen LogP contribution >= 0.6 is 0 Å². The SMILES string of the molecule is COC(=O)c1ccc(NC(=O)NC(C)(C)CCC(=O)O)cc1F. The summed E-state index contributed by atoms with van der Waals surface area (Å²) < 4.78 is 18.2. The van der Waals surface area contributed by atoms with Crippen molar-refractivity contribution in [3.8, 4) is 0 Å². The number of ether oxygens (including phenoxy) is 1. The highest BCUT2D eigenvalue weighted by Crippen LogP contribution is 2.16. The number of methoxy groups -OCH3 is 1. The Morgan fingerprint density at radius 1 is 1.30 bits per heavy atom. The highest BCUT2D eigenvalue weighted by molar-refractivity contribution is 5.92. The molecule has 0 bridgehead atoms. The molecule has 1 rings (SSSR count). The molecule has 0 spiro atoms. The van der Waals surface area contributed by atoms with Gasteiger partial charge in [0, 0.05) is 17.6 Å². The number of rotatable bonds is 6. The molecule has 1 aromatic rings. The standard InChI is InChI=1S/C15H19FN2O5/c1-15(2,7-6-12(19)20)18-14(22)17-9-4-5-10(11(16)8-9)13(21)23-3/h4-5,8H,6-7H2,1-3H3,(H,19,20)(H2,17,18,22). The fraction of sp³-hybridized carbons (Fsp3) is 0.400. The molecule has 0 unspecified atom stereocenters. The van der Waals surface area contributed by atoms with E-state index in [2.05, 4.69) is 15.4 Å². The molecule has 0 saturated carbocycles. The molecular formula is C15H19FN2O5. The van der Waals surface area contributed by atoms with Crippen molar-refractivity contribution in [3.63, 3.8) is 0 Å². The number of esters is 1. The third-order valence-corrected chi connectivity index (χ3v) is 3.05. The molecule has 0 aliphatic rings. The number of carboxylic acids is 1. The van der Waals surface area contributed by atoms with Gasteiger partial charge in [0.1, 0.15) is 5.82 Å². The van der Waals surface area contributed by atoms with Crippen LogP contribution in [0.1, 0.15) is 37.0 Å². The van der Waals surface area contributed by atoms with Gasteiger partial charge in [-0.1, -0.05) is 0 Å². The van der Waals surface area contributed by atoms with Crippen LogP contribution in [0.15, 0.2) is 18.2 Å². The molecule has 0 aliphatic heterocycles. The number of benzene rings is 1. The maximum absolute atomic E-state index is 13.7. The lowest BCUT2D eigenvalue weighted by atomic mass is 9.99. The molecule has 126 valence electrons. The predicted molar refractivity (Wildman–Crippen MR) is 80.8 cm³/mol. The third kappa shape index (κ3) is 5.93. The van der Waals surface area contributed by atoms with Crippen LogP contribution in [0.4, 0.5) is 14.9 Å². The van der Waals surface area contributed by atoms with Crippen LogP contribution in [0.5, 0.6) is 0 Å². The Labute approximate surface area is 132 Å². The molecule has 23 heavy (non-hydrogen) atoms. The maximum Gasteiger partial charge on any atom is 0.340 e. The Bertz CT molecular complexity index is 616. The average Bonchev–Trinajstić information content (AvgIpc) is 2.44. The summed E-state index contributed by atoms with van der Waals surface area (Å²) in [7, 11) is 1.14. The molecule has 0 atom stereocenters. The number of amides is 2. The van der Waals surface area contributed by atoms with Crippen molar-refractivity contribution in [1.29, 1.82) is 0 Å². The van der Waals surface area contributed by atoms with Gasteiger partial charge in [0.05, 0.1) is 12.7 Å². The number of anilines is 1. The van der Waals surface area contributed by atoms with Gasteiger partial charge in [0.25, 0.3) is 0 Å².